The van der Waals surface area contributed by atoms with Gasteiger partial charge in [-0.3, -0.25) is 4.79 Å². The number of nitrogens with zero attached hydrogens (tertiary/aromatic N) is 2. The van der Waals surface area contributed by atoms with E-state index in [-0.39, 0.29) is 17.9 Å². The first-order chi connectivity index (χ1) is 8.65. The van der Waals surface area contributed by atoms with Crippen LogP contribution in [0.3, 0.4) is 0 Å². The van der Waals surface area contributed by atoms with Gasteiger partial charge in [0.25, 0.3) is 0 Å². The van der Waals surface area contributed by atoms with Crippen molar-refractivity contribution in [2.24, 2.45) is 0 Å². The summed E-state index contributed by atoms with van der Waals surface area (Å²) in [6, 6.07) is 2.75. The van der Waals surface area contributed by atoms with E-state index in [4.69, 9.17) is 4.74 Å². The normalized spacial score (nSPS) is 10.4. The van der Waals surface area contributed by atoms with Gasteiger partial charge in [-0.05, 0) is 12.1 Å². The van der Waals surface area contributed by atoms with Crippen molar-refractivity contribution in [3.8, 4) is 5.88 Å². The van der Waals surface area contributed by atoms with Crippen molar-refractivity contribution < 1.29 is 18.7 Å². The lowest BCUT2D eigenvalue weighted by Crippen LogP contribution is -2.08. The molecule has 5 nitrogen and oxygen atoms in total. The maximum absolute atomic E-state index is 13.7. The molecule has 1 aromatic carbocycles. The molecule has 6 heteroatoms. The Labute approximate surface area is 103 Å². The monoisotopic (exact) mass is 250 g/mol. The number of carbonyl (C=O) groups is 1. The number of esters is 1. The van der Waals surface area contributed by atoms with Gasteiger partial charge in [-0.1, -0.05) is 0 Å². The van der Waals surface area contributed by atoms with Crippen LogP contribution < -0.4 is 4.74 Å². The van der Waals surface area contributed by atoms with Crippen LogP contribution in [0, 0.1) is 5.82 Å². The van der Waals surface area contributed by atoms with E-state index in [0.29, 0.717) is 11.0 Å². The first kappa shape index (κ1) is 12.2. The molecule has 94 valence electrons. The Hall–Kier alpha value is -2.24. The first-order valence-corrected chi connectivity index (χ1v) is 5.20. The lowest BCUT2D eigenvalue weighted by molar-refractivity contribution is -0.139. The summed E-state index contributed by atoms with van der Waals surface area (Å²) in [5.41, 5.74) is 0.960. The fraction of sp³-hybridized carbons (Fsp3) is 0.250. The van der Waals surface area contributed by atoms with Crippen LogP contribution in [0.2, 0.25) is 0 Å². The zero-order valence-electron chi connectivity index (χ0n) is 9.94. The van der Waals surface area contributed by atoms with E-state index in [1.807, 2.05) is 0 Å². The molecule has 1 heterocycles. The molecule has 0 saturated heterocycles. The standard InChI is InChI=1S/C12H11FN2O3/c1-17-10-6-14-9-4-3-8(13)7(12(9)15-10)5-11(16)18-2/h3-4,6H,5H2,1-2H3. The highest BCUT2D eigenvalue weighted by Crippen LogP contribution is 2.21. The molecule has 0 aliphatic carbocycles. The molecule has 0 aliphatic heterocycles. The predicted molar refractivity (Wildman–Crippen MR) is 61.8 cm³/mol. The van der Waals surface area contributed by atoms with Crippen molar-refractivity contribution in [3.63, 3.8) is 0 Å². The number of hydrogen-bond acceptors (Lipinski definition) is 5. The van der Waals surface area contributed by atoms with Crippen molar-refractivity contribution in [3.05, 3.63) is 29.7 Å². The number of ether oxygens (including phenoxy) is 2. The Bertz CT molecular complexity index is 601. The smallest absolute Gasteiger partial charge is 0.310 e. The number of methoxy groups -OCH3 is 2. The van der Waals surface area contributed by atoms with Crippen LogP contribution in [0.4, 0.5) is 4.39 Å². The molecule has 0 amide bonds. The summed E-state index contributed by atoms with van der Waals surface area (Å²) in [5, 5.41) is 0. The highest BCUT2D eigenvalue weighted by atomic mass is 19.1. The third kappa shape index (κ3) is 2.22. The summed E-state index contributed by atoms with van der Waals surface area (Å²) < 4.78 is 23.2. The summed E-state index contributed by atoms with van der Waals surface area (Å²) in [4.78, 5) is 19.5. The van der Waals surface area contributed by atoms with Gasteiger partial charge in [0, 0.05) is 5.56 Å². The van der Waals surface area contributed by atoms with E-state index in [0.717, 1.165) is 0 Å². The Morgan fingerprint density at radius 3 is 2.83 bits per heavy atom. The van der Waals surface area contributed by atoms with E-state index < -0.39 is 11.8 Å². The number of fused-ring (bicyclic) bond motifs is 1. The molecule has 2 rings (SSSR count). The third-order valence-electron chi connectivity index (χ3n) is 2.50. The molecule has 18 heavy (non-hydrogen) atoms. The van der Waals surface area contributed by atoms with Gasteiger partial charge in [0.2, 0.25) is 5.88 Å². The van der Waals surface area contributed by atoms with Crippen molar-refractivity contribution in [2.45, 2.75) is 6.42 Å². The second-order valence-corrected chi connectivity index (χ2v) is 3.56. The molecule has 0 saturated carbocycles. The largest absolute Gasteiger partial charge is 0.480 e. The lowest BCUT2D eigenvalue weighted by Gasteiger charge is -2.07. The maximum atomic E-state index is 13.7. The van der Waals surface area contributed by atoms with Gasteiger partial charge in [0.15, 0.2) is 0 Å². The fourth-order valence-corrected chi connectivity index (χ4v) is 1.58. The van der Waals surface area contributed by atoms with Crippen LogP contribution in [0.5, 0.6) is 5.88 Å². The second kappa shape index (κ2) is 4.95. The second-order valence-electron chi connectivity index (χ2n) is 3.56. The van der Waals surface area contributed by atoms with Crippen molar-refractivity contribution >= 4 is 17.0 Å². The zero-order valence-corrected chi connectivity index (χ0v) is 9.94. The maximum Gasteiger partial charge on any atom is 0.310 e. The van der Waals surface area contributed by atoms with E-state index in [1.54, 1.807) is 0 Å². The Balaban J connectivity index is 2.60. The lowest BCUT2D eigenvalue weighted by atomic mass is 10.1. The summed E-state index contributed by atoms with van der Waals surface area (Å²) in [6.45, 7) is 0. The zero-order chi connectivity index (χ0) is 13.1. The topological polar surface area (TPSA) is 61.3 Å². The Morgan fingerprint density at radius 2 is 2.17 bits per heavy atom. The van der Waals surface area contributed by atoms with Crippen molar-refractivity contribution in [1.82, 2.24) is 9.97 Å². The predicted octanol–water partition coefficient (Wildman–Crippen LogP) is 1.49. The summed E-state index contributed by atoms with van der Waals surface area (Å²) in [6.07, 6.45) is 1.24. The molecule has 0 aliphatic rings. The van der Waals surface area contributed by atoms with Crippen LogP contribution in [-0.2, 0) is 16.0 Å². The number of rotatable bonds is 3. The van der Waals surface area contributed by atoms with Gasteiger partial charge in [0.1, 0.15) is 5.82 Å². The highest BCUT2D eigenvalue weighted by molar-refractivity contribution is 5.83. The van der Waals surface area contributed by atoms with Gasteiger partial charge >= 0.3 is 5.97 Å². The van der Waals surface area contributed by atoms with E-state index >= 15 is 0 Å². The van der Waals surface area contributed by atoms with E-state index in [2.05, 4.69) is 14.7 Å². The molecule has 0 fully saturated rings. The van der Waals surface area contributed by atoms with Gasteiger partial charge in [-0.2, -0.15) is 0 Å². The van der Waals surface area contributed by atoms with Gasteiger partial charge in [-0.15, -0.1) is 0 Å². The molecule has 0 spiro atoms. The van der Waals surface area contributed by atoms with Gasteiger partial charge < -0.3 is 9.47 Å². The molecule has 0 N–H and O–H groups in total. The molecule has 0 atom stereocenters. The number of halogens is 1. The molecular formula is C12H11FN2O3. The molecule has 2 aromatic rings. The quantitative estimate of drug-likeness (QED) is 0.772. The van der Waals surface area contributed by atoms with Crippen LogP contribution in [0.25, 0.3) is 11.0 Å². The highest BCUT2D eigenvalue weighted by Gasteiger charge is 2.14. The molecule has 0 unspecified atom stereocenters. The molecule has 0 radical (unpaired) electrons. The summed E-state index contributed by atoms with van der Waals surface area (Å²) >= 11 is 0. The van der Waals surface area contributed by atoms with Crippen molar-refractivity contribution in [2.75, 3.05) is 14.2 Å². The molecule has 0 bridgehead atoms. The molecule has 1 aromatic heterocycles. The minimum atomic E-state index is -0.536. The van der Waals surface area contributed by atoms with Crippen molar-refractivity contribution in [1.29, 1.82) is 0 Å². The van der Waals surface area contributed by atoms with Gasteiger partial charge in [0.05, 0.1) is 37.9 Å². The number of carbonyl (C=O) groups excluding carboxylic acids is 1. The summed E-state index contributed by atoms with van der Waals surface area (Å²) in [7, 11) is 2.69. The number of aromatic nitrogens is 2. The van der Waals surface area contributed by atoms with Crippen LogP contribution in [0.1, 0.15) is 5.56 Å². The van der Waals surface area contributed by atoms with Gasteiger partial charge in [-0.25, -0.2) is 14.4 Å². The van der Waals surface area contributed by atoms with Crippen LogP contribution in [0.15, 0.2) is 18.3 Å². The number of benzene rings is 1. The van der Waals surface area contributed by atoms with Crippen LogP contribution >= 0.6 is 0 Å². The minimum absolute atomic E-state index is 0.158. The SMILES string of the molecule is COC(=O)Cc1c(F)ccc2ncc(OC)nc12. The first-order valence-electron chi connectivity index (χ1n) is 5.20. The number of hydrogen-bond donors (Lipinski definition) is 0. The van der Waals surface area contributed by atoms with E-state index in [1.165, 1.54) is 32.5 Å². The Morgan fingerprint density at radius 1 is 1.39 bits per heavy atom. The third-order valence-corrected chi connectivity index (χ3v) is 2.50. The molecular weight excluding hydrogens is 239 g/mol. The fourth-order valence-electron chi connectivity index (χ4n) is 1.58. The minimum Gasteiger partial charge on any atom is -0.480 e. The van der Waals surface area contributed by atoms with E-state index in [9.17, 15) is 9.18 Å². The summed E-state index contributed by atoms with van der Waals surface area (Å²) in [5.74, 6) is -0.791. The van der Waals surface area contributed by atoms with Crippen LogP contribution in [-0.4, -0.2) is 30.2 Å². The average Bonchev–Trinajstić information content (AvgIpc) is 2.41. The average molecular weight is 250 g/mol. The Kier molecular flexibility index (Phi) is 3.36.